The molecule has 2 N–H and O–H groups in total. The van der Waals surface area contributed by atoms with E-state index in [9.17, 15) is 9.59 Å². The molecule has 0 saturated heterocycles. The lowest BCUT2D eigenvalue weighted by Gasteiger charge is -2.04. The lowest BCUT2D eigenvalue weighted by molar-refractivity contribution is -0.121. The highest BCUT2D eigenvalue weighted by Crippen LogP contribution is 2.06. The van der Waals surface area contributed by atoms with Gasteiger partial charge in [-0.2, -0.15) is 0 Å². The molecule has 1 rings (SSSR count). The highest BCUT2D eigenvalue weighted by atomic mass is 16.4. The van der Waals surface area contributed by atoms with E-state index in [0.29, 0.717) is 12.8 Å². The average molecular weight is 249 g/mol. The predicted octanol–water partition coefficient (Wildman–Crippen LogP) is 2.23. The number of amides is 1. The van der Waals surface area contributed by atoms with E-state index in [4.69, 9.17) is 5.11 Å². The second-order valence-corrected chi connectivity index (χ2v) is 4.21. The Morgan fingerprint density at radius 3 is 2.44 bits per heavy atom. The van der Waals surface area contributed by atoms with Crippen LogP contribution in [0, 0.1) is 0 Å². The molecule has 0 radical (unpaired) electrons. The molecule has 0 aliphatic rings. The zero-order chi connectivity index (χ0) is 13.4. The molecule has 1 aromatic rings. The Morgan fingerprint density at radius 1 is 1.22 bits per heavy atom. The van der Waals surface area contributed by atoms with Crippen LogP contribution in [0.5, 0.6) is 0 Å². The van der Waals surface area contributed by atoms with Crippen LogP contribution < -0.4 is 5.32 Å². The number of carboxylic acids is 1. The zero-order valence-corrected chi connectivity index (χ0v) is 10.6. The molecular weight excluding hydrogens is 230 g/mol. The normalized spacial score (nSPS) is 10.1. The molecule has 0 heterocycles. The first-order valence-corrected chi connectivity index (χ1v) is 6.22. The lowest BCUT2D eigenvalue weighted by Crippen LogP contribution is -2.24. The Morgan fingerprint density at radius 2 is 1.89 bits per heavy atom. The van der Waals surface area contributed by atoms with Gasteiger partial charge in [0.25, 0.3) is 0 Å². The molecule has 18 heavy (non-hydrogen) atoms. The van der Waals surface area contributed by atoms with Gasteiger partial charge in [0.2, 0.25) is 5.91 Å². The molecule has 0 saturated carbocycles. The third-order valence-corrected chi connectivity index (χ3v) is 2.69. The molecule has 0 fully saturated rings. The predicted molar refractivity (Wildman–Crippen MR) is 69.6 cm³/mol. The van der Waals surface area contributed by atoms with Crippen molar-refractivity contribution in [3.05, 3.63) is 35.4 Å². The summed E-state index contributed by atoms with van der Waals surface area (Å²) in [7, 11) is 0. The minimum Gasteiger partial charge on any atom is -0.478 e. The van der Waals surface area contributed by atoms with Crippen molar-refractivity contribution in [3.63, 3.8) is 0 Å². The second kappa shape index (κ2) is 7.48. The molecule has 0 aromatic heterocycles. The summed E-state index contributed by atoms with van der Waals surface area (Å²) < 4.78 is 0. The van der Waals surface area contributed by atoms with Crippen molar-refractivity contribution in [1.82, 2.24) is 5.32 Å². The van der Waals surface area contributed by atoms with Gasteiger partial charge in [-0.15, -0.1) is 0 Å². The van der Waals surface area contributed by atoms with Gasteiger partial charge in [0.15, 0.2) is 0 Å². The fraction of sp³-hybridized carbons (Fsp3) is 0.429. The number of carbonyl (C=O) groups is 2. The standard InChI is InChI=1S/C14H19NO3/c1-2-3-10-15-13(16)9-6-11-4-7-12(8-5-11)14(17)18/h4-5,7-8H,2-3,6,9-10H2,1H3,(H,15,16)(H,17,18). The van der Waals surface area contributed by atoms with Crippen molar-refractivity contribution < 1.29 is 14.7 Å². The van der Waals surface area contributed by atoms with E-state index in [1.54, 1.807) is 24.3 Å². The third-order valence-electron chi connectivity index (χ3n) is 2.69. The lowest BCUT2D eigenvalue weighted by atomic mass is 10.1. The van der Waals surface area contributed by atoms with Gasteiger partial charge in [0.1, 0.15) is 0 Å². The Balaban J connectivity index is 2.34. The molecule has 0 aliphatic carbocycles. The van der Waals surface area contributed by atoms with Gasteiger partial charge >= 0.3 is 5.97 Å². The molecule has 0 atom stereocenters. The number of unbranched alkanes of at least 4 members (excludes halogenated alkanes) is 1. The minimum atomic E-state index is -0.932. The maximum absolute atomic E-state index is 11.5. The van der Waals surface area contributed by atoms with Crippen molar-refractivity contribution >= 4 is 11.9 Å². The number of hydrogen-bond donors (Lipinski definition) is 2. The van der Waals surface area contributed by atoms with Crippen molar-refractivity contribution in [3.8, 4) is 0 Å². The van der Waals surface area contributed by atoms with E-state index in [1.807, 2.05) is 0 Å². The molecule has 4 nitrogen and oxygen atoms in total. The van der Waals surface area contributed by atoms with Crippen LogP contribution in [-0.2, 0) is 11.2 Å². The first-order valence-electron chi connectivity index (χ1n) is 6.22. The van der Waals surface area contributed by atoms with Gasteiger partial charge in [-0.1, -0.05) is 25.5 Å². The monoisotopic (exact) mass is 249 g/mol. The number of carboxylic acid groups (broad SMARTS) is 1. The summed E-state index contributed by atoms with van der Waals surface area (Å²) in [6.45, 7) is 2.81. The Labute approximate surface area is 107 Å². The molecule has 1 aromatic carbocycles. The van der Waals surface area contributed by atoms with E-state index in [1.165, 1.54) is 0 Å². The Hall–Kier alpha value is -1.84. The summed E-state index contributed by atoms with van der Waals surface area (Å²) in [6, 6.07) is 6.63. The number of hydrogen-bond acceptors (Lipinski definition) is 2. The summed E-state index contributed by atoms with van der Waals surface area (Å²) in [6.07, 6.45) is 3.14. The van der Waals surface area contributed by atoms with E-state index < -0.39 is 5.97 Å². The van der Waals surface area contributed by atoms with Crippen LogP contribution in [0.3, 0.4) is 0 Å². The summed E-state index contributed by atoms with van der Waals surface area (Å²) in [5.74, 6) is -0.885. The van der Waals surface area contributed by atoms with E-state index in [-0.39, 0.29) is 11.5 Å². The molecule has 0 spiro atoms. The number of nitrogens with one attached hydrogen (secondary N) is 1. The SMILES string of the molecule is CCCCNC(=O)CCc1ccc(C(=O)O)cc1. The zero-order valence-electron chi connectivity index (χ0n) is 10.6. The van der Waals surface area contributed by atoms with Gasteiger partial charge < -0.3 is 10.4 Å². The van der Waals surface area contributed by atoms with Crippen LogP contribution in [-0.4, -0.2) is 23.5 Å². The highest BCUT2D eigenvalue weighted by Gasteiger charge is 2.04. The average Bonchev–Trinajstić information content (AvgIpc) is 2.37. The number of benzene rings is 1. The first kappa shape index (κ1) is 14.2. The van der Waals surface area contributed by atoms with Crippen LogP contribution in [0.1, 0.15) is 42.1 Å². The van der Waals surface area contributed by atoms with Gasteiger partial charge in [-0.3, -0.25) is 4.79 Å². The third kappa shape index (κ3) is 4.99. The summed E-state index contributed by atoms with van der Waals surface area (Å²) in [5, 5.41) is 11.6. The Kier molecular flexibility index (Phi) is 5.91. The molecule has 4 heteroatoms. The van der Waals surface area contributed by atoms with E-state index in [0.717, 1.165) is 24.9 Å². The molecule has 98 valence electrons. The number of aryl methyl sites for hydroxylation is 1. The summed E-state index contributed by atoms with van der Waals surface area (Å²) in [4.78, 5) is 22.1. The summed E-state index contributed by atoms with van der Waals surface area (Å²) in [5.41, 5.74) is 1.25. The van der Waals surface area contributed by atoms with Gasteiger partial charge in [-0.05, 0) is 30.5 Å². The maximum Gasteiger partial charge on any atom is 0.335 e. The van der Waals surface area contributed by atoms with Gasteiger partial charge in [-0.25, -0.2) is 4.79 Å². The summed E-state index contributed by atoms with van der Waals surface area (Å²) >= 11 is 0. The molecular formula is C14H19NO3. The van der Waals surface area contributed by atoms with Crippen molar-refractivity contribution in [2.45, 2.75) is 32.6 Å². The van der Waals surface area contributed by atoms with Crippen LogP contribution in [0.15, 0.2) is 24.3 Å². The van der Waals surface area contributed by atoms with Crippen LogP contribution in [0.2, 0.25) is 0 Å². The molecule has 0 unspecified atom stereocenters. The quantitative estimate of drug-likeness (QED) is 0.728. The topological polar surface area (TPSA) is 66.4 Å². The number of aromatic carboxylic acids is 1. The van der Waals surface area contributed by atoms with Gasteiger partial charge in [0.05, 0.1) is 5.56 Å². The minimum absolute atomic E-state index is 0.0470. The molecule has 0 bridgehead atoms. The second-order valence-electron chi connectivity index (χ2n) is 4.21. The number of carbonyl (C=O) groups excluding carboxylic acids is 1. The van der Waals surface area contributed by atoms with Crippen LogP contribution in [0.25, 0.3) is 0 Å². The smallest absolute Gasteiger partial charge is 0.335 e. The van der Waals surface area contributed by atoms with Crippen LogP contribution in [0.4, 0.5) is 0 Å². The van der Waals surface area contributed by atoms with E-state index >= 15 is 0 Å². The number of rotatable bonds is 7. The van der Waals surface area contributed by atoms with E-state index in [2.05, 4.69) is 12.2 Å². The van der Waals surface area contributed by atoms with Gasteiger partial charge in [0, 0.05) is 13.0 Å². The highest BCUT2D eigenvalue weighted by molar-refractivity contribution is 5.87. The van der Waals surface area contributed by atoms with Crippen LogP contribution >= 0.6 is 0 Å². The maximum atomic E-state index is 11.5. The Bertz CT molecular complexity index is 398. The van der Waals surface area contributed by atoms with Crippen molar-refractivity contribution in [2.75, 3.05) is 6.54 Å². The first-order chi connectivity index (χ1) is 8.63. The molecule has 1 amide bonds. The van der Waals surface area contributed by atoms with Crippen molar-refractivity contribution in [1.29, 1.82) is 0 Å². The fourth-order valence-electron chi connectivity index (χ4n) is 1.56. The van der Waals surface area contributed by atoms with Crippen molar-refractivity contribution in [2.24, 2.45) is 0 Å². The largest absolute Gasteiger partial charge is 0.478 e. The fourth-order valence-corrected chi connectivity index (χ4v) is 1.56. The molecule has 0 aliphatic heterocycles.